The Morgan fingerprint density at radius 2 is 2.29 bits per heavy atom. The molecule has 2 saturated heterocycles. The quantitative estimate of drug-likeness (QED) is 0.788. The van der Waals surface area contributed by atoms with Crippen molar-refractivity contribution in [3.05, 3.63) is 30.1 Å². The summed E-state index contributed by atoms with van der Waals surface area (Å²) >= 11 is 0. The molecule has 3 heterocycles. The zero-order valence-electron chi connectivity index (χ0n) is 10.2. The van der Waals surface area contributed by atoms with E-state index in [0.717, 1.165) is 19.6 Å². The van der Waals surface area contributed by atoms with Crippen molar-refractivity contribution in [2.24, 2.45) is 0 Å². The van der Waals surface area contributed by atoms with Crippen LogP contribution in [0.25, 0.3) is 0 Å². The van der Waals surface area contributed by atoms with Gasteiger partial charge in [0, 0.05) is 58.1 Å². The smallest absolute Gasteiger partial charge is 0.0543 e. The minimum atomic E-state index is 0.696. The summed E-state index contributed by atoms with van der Waals surface area (Å²) < 4.78 is 0. The number of hydrogen-bond acceptors (Lipinski definition) is 4. The second-order valence-corrected chi connectivity index (χ2v) is 4.95. The summed E-state index contributed by atoms with van der Waals surface area (Å²) in [4.78, 5) is 9.55. The Morgan fingerprint density at radius 1 is 1.29 bits per heavy atom. The summed E-state index contributed by atoms with van der Waals surface area (Å²) in [6.07, 6.45) is 1.88. The van der Waals surface area contributed by atoms with Crippen LogP contribution in [0.15, 0.2) is 24.4 Å². The molecule has 4 heteroatoms. The van der Waals surface area contributed by atoms with Crippen LogP contribution in [0.1, 0.15) is 5.69 Å². The molecule has 1 aromatic heterocycles. The third-order valence-electron chi connectivity index (χ3n) is 3.76. The van der Waals surface area contributed by atoms with Gasteiger partial charge < -0.3 is 5.32 Å². The molecular weight excluding hydrogens is 212 g/mol. The third-order valence-corrected chi connectivity index (χ3v) is 3.76. The van der Waals surface area contributed by atoms with Crippen molar-refractivity contribution in [3.8, 4) is 0 Å². The highest BCUT2D eigenvalue weighted by Gasteiger charge is 2.28. The van der Waals surface area contributed by atoms with E-state index in [0.29, 0.717) is 6.04 Å². The molecule has 2 aliphatic heterocycles. The van der Waals surface area contributed by atoms with E-state index in [1.54, 1.807) is 0 Å². The summed E-state index contributed by atoms with van der Waals surface area (Å²) in [5.41, 5.74) is 1.18. The highest BCUT2D eigenvalue weighted by atomic mass is 15.3. The number of aromatic nitrogens is 1. The first-order valence-corrected chi connectivity index (χ1v) is 6.49. The van der Waals surface area contributed by atoms with Crippen LogP contribution >= 0.6 is 0 Å². The molecule has 0 amide bonds. The highest BCUT2D eigenvalue weighted by Crippen LogP contribution is 2.13. The summed E-state index contributed by atoms with van der Waals surface area (Å²) in [7, 11) is 0. The number of nitrogens with one attached hydrogen (secondary N) is 1. The molecule has 3 rings (SSSR count). The third kappa shape index (κ3) is 2.65. The van der Waals surface area contributed by atoms with Crippen LogP contribution < -0.4 is 5.32 Å². The normalized spacial score (nSPS) is 26.7. The van der Waals surface area contributed by atoms with Crippen molar-refractivity contribution < 1.29 is 0 Å². The van der Waals surface area contributed by atoms with E-state index in [1.165, 1.54) is 31.9 Å². The van der Waals surface area contributed by atoms with Gasteiger partial charge in [-0.15, -0.1) is 0 Å². The average Bonchev–Trinajstić information content (AvgIpc) is 2.40. The van der Waals surface area contributed by atoms with E-state index in [-0.39, 0.29) is 0 Å². The van der Waals surface area contributed by atoms with Gasteiger partial charge in [-0.1, -0.05) is 6.07 Å². The number of piperazine rings is 2. The van der Waals surface area contributed by atoms with E-state index in [2.05, 4.69) is 32.2 Å². The van der Waals surface area contributed by atoms with Gasteiger partial charge in [0.15, 0.2) is 0 Å². The van der Waals surface area contributed by atoms with Gasteiger partial charge in [0.2, 0.25) is 0 Å². The summed E-state index contributed by atoms with van der Waals surface area (Å²) in [6.45, 7) is 8.04. The Bertz CT molecular complexity index is 354. The molecule has 2 aliphatic rings. The minimum absolute atomic E-state index is 0.696. The zero-order valence-corrected chi connectivity index (χ0v) is 10.2. The molecule has 0 radical (unpaired) electrons. The molecule has 0 spiro atoms. The first-order valence-electron chi connectivity index (χ1n) is 6.49. The van der Waals surface area contributed by atoms with Crippen molar-refractivity contribution in [3.63, 3.8) is 0 Å². The van der Waals surface area contributed by atoms with Crippen LogP contribution in [0.5, 0.6) is 0 Å². The van der Waals surface area contributed by atoms with Gasteiger partial charge >= 0.3 is 0 Å². The van der Waals surface area contributed by atoms with E-state index >= 15 is 0 Å². The largest absolute Gasteiger partial charge is 0.314 e. The Hall–Kier alpha value is -0.970. The summed E-state index contributed by atoms with van der Waals surface area (Å²) in [5, 5.41) is 3.48. The number of rotatable bonds is 2. The van der Waals surface area contributed by atoms with E-state index in [1.807, 2.05) is 12.3 Å². The predicted octanol–water partition coefficient (Wildman–Crippen LogP) is 0.171. The lowest BCUT2D eigenvalue weighted by Gasteiger charge is -2.44. The first kappa shape index (κ1) is 11.1. The molecule has 0 aliphatic carbocycles. The monoisotopic (exact) mass is 232 g/mol. The fourth-order valence-electron chi connectivity index (χ4n) is 2.80. The molecule has 92 valence electrons. The summed E-state index contributed by atoms with van der Waals surface area (Å²) in [6, 6.07) is 6.86. The zero-order chi connectivity index (χ0) is 11.5. The van der Waals surface area contributed by atoms with Crippen molar-refractivity contribution >= 4 is 0 Å². The number of nitrogens with zero attached hydrogens (tertiary/aromatic N) is 3. The molecule has 1 N–H and O–H groups in total. The van der Waals surface area contributed by atoms with Gasteiger partial charge in [0.05, 0.1) is 5.69 Å². The van der Waals surface area contributed by atoms with Gasteiger partial charge in [-0.3, -0.25) is 14.8 Å². The Balaban J connectivity index is 1.59. The maximum absolute atomic E-state index is 4.41. The van der Waals surface area contributed by atoms with Crippen LogP contribution in [0.3, 0.4) is 0 Å². The van der Waals surface area contributed by atoms with Crippen LogP contribution in [0.4, 0.5) is 0 Å². The molecule has 0 aromatic carbocycles. The van der Waals surface area contributed by atoms with Crippen molar-refractivity contribution in [1.29, 1.82) is 0 Å². The van der Waals surface area contributed by atoms with Gasteiger partial charge in [-0.25, -0.2) is 0 Å². The topological polar surface area (TPSA) is 31.4 Å². The van der Waals surface area contributed by atoms with Gasteiger partial charge in [-0.05, 0) is 12.1 Å². The molecule has 2 fully saturated rings. The lowest BCUT2D eigenvalue weighted by atomic mass is 10.1. The van der Waals surface area contributed by atoms with E-state index in [4.69, 9.17) is 0 Å². The van der Waals surface area contributed by atoms with Gasteiger partial charge in [-0.2, -0.15) is 0 Å². The summed E-state index contributed by atoms with van der Waals surface area (Å²) in [5.74, 6) is 0. The Kier molecular flexibility index (Phi) is 3.36. The Labute approximate surface area is 103 Å². The lowest BCUT2D eigenvalue weighted by Crippen LogP contribution is -2.60. The molecule has 0 bridgehead atoms. The second-order valence-electron chi connectivity index (χ2n) is 4.95. The van der Waals surface area contributed by atoms with Crippen molar-refractivity contribution in [2.75, 3.05) is 39.3 Å². The molecular formula is C13H20N4. The van der Waals surface area contributed by atoms with Crippen LogP contribution in [-0.4, -0.2) is 60.1 Å². The van der Waals surface area contributed by atoms with Crippen molar-refractivity contribution in [2.45, 2.75) is 12.6 Å². The second kappa shape index (κ2) is 5.12. The van der Waals surface area contributed by atoms with Gasteiger partial charge in [0.25, 0.3) is 0 Å². The maximum atomic E-state index is 4.41. The standard InChI is InChI=1S/C13H20N4/c1-2-4-15-12(3-1)10-16-7-8-17-6-5-14-9-13(17)11-16/h1-4,13-14H,5-11H2. The number of fused-ring (bicyclic) bond motifs is 1. The fraction of sp³-hybridized carbons (Fsp3) is 0.615. The molecule has 1 unspecified atom stereocenters. The lowest BCUT2D eigenvalue weighted by molar-refractivity contribution is 0.0535. The highest BCUT2D eigenvalue weighted by molar-refractivity contribution is 5.04. The minimum Gasteiger partial charge on any atom is -0.314 e. The molecule has 0 saturated carbocycles. The molecule has 1 aromatic rings. The Morgan fingerprint density at radius 3 is 3.18 bits per heavy atom. The van der Waals surface area contributed by atoms with Gasteiger partial charge in [0.1, 0.15) is 0 Å². The molecule has 4 nitrogen and oxygen atoms in total. The average molecular weight is 232 g/mol. The fourth-order valence-corrected chi connectivity index (χ4v) is 2.80. The van der Waals surface area contributed by atoms with E-state index in [9.17, 15) is 0 Å². The van der Waals surface area contributed by atoms with Crippen LogP contribution in [0, 0.1) is 0 Å². The predicted molar refractivity (Wildman–Crippen MR) is 67.7 cm³/mol. The maximum Gasteiger partial charge on any atom is 0.0543 e. The first-order chi connectivity index (χ1) is 8.42. The molecule has 1 atom stereocenters. The van der Waals surface area contributed by atoms with Crippen LogP contribution in [0.2, 0.25) is 0 Å². The van der Waals surface area contributed by atoms with E-state index < -0.39 is 0 Å². The van der Waals surface area contributed by atoms with Crippen molar-refractivity contribution in [1.82, 2.24) is 20.1 Å². The molecule has 17 heavy (non-hydrogen) atoms. The number of hydrogen-bond donors (Lipinski definition) is 1. The SMILES string of the molecule is c1ccc(CN2CCN3CCNCC3C2)nc1. The van der Waals surface area contributed by atoms with Crippen LogP contribution in [-0.2, 0) is 6.54 Å². The number of pyridine rings is 1.